The van der Waals surface area contributed by atoms with Crippen LogP contribution in [0.15, 0.2) is 30.7 Å². The van der Waals surface area contributed by atoms with Crippen LogP contribution in [-0.2, 0) is 26.1 Å². The maximum absolute atomic E-state index is 13.6. The molecule has 0 unspecified atom stereocenters. The molecule has 1 aromatic rings. The largest absolute Gasteiger partial charge is 2.00 e. The summed E-state index contributed by atoms with van der Waals surface area (Å²) in [5.41, 5.74) is 0.728. The number of anilines is 1. The van der Waals surface area contributed by atoms with Crippen LogP contribution in [0.3, 0.4) is 0 Å². The van der Waals surface area contributed by atoms with E-state index in [0.717, 1.165) is 38.0 Å². The summed E-state index contributed by atoms with van der Waals surface area (Å²) in [6.07, 6.45) is 12.3. The molecule has 33 heavy (non-hydrogen) atoms. The first-order valence-corrected chi connectivity index (χ1v) is 11.6. The topological polar surface area (TPSA) is 94.8 Å². The van der Waals surface area contributed by atoms with Crippen molar-refractivity contribution in [2.75, 3.05) is 24.5 Å². The predicted molar refractivity (Wildman–Crippen MR) is 123 cm³/mol. The third-order valence-corrected chi connectivity index (χ3v) is 6.48. The maximum Gasteiger partial charge on any atom is 2.00 e. The Balaban J connectivity index is 0.00000306. The normalized spacial score (nSPS) is 22.0. The number of amides is 2. The molecule has 3 heterocycles. The Labute approximate surface area is 206 Å². The van der Waals surface area contributed by atoms with E-state index in [-0.39, 0.29) is 39.8 Å². The van der Waals surface area contributed by atoms with E-state index in [9.17, 15) is 9.59 Å². The number of likely N-dealkylation sites (tertiary alicyclic amines) is 1. The summed E-state index contributed by atoms with van der Waals surface area (Å²) >= 11 is 0. The SMILES string of the molecule is CC(C)(C)[C@@H](C(=O)N1CCC[C@H]1C(=O)NC1CN(c2ccncc2)C1)N(N)C=[C-]C1CC1.[Ni+2]. The fourth-order valence-electron chi connectivity index (χ4n) is 4.55. The molecular weight excluding hydrogens is 463 g/mol. The molecule has 9 heteroatoms. The van der Waals surface area contributed by atoms with Gasteiger partial charge in [0.05, 0.1) is 6.04 Å². The van der Waals surface area contributed by atoms with Crippen molar-refractivity contribution in [1.29, 1.82) is 0 Å². The van der Waals surface area contributed by atoms with Gasteiger partial charge in [-0.1, -0.05) is 33.6 Å². The molecule has 3 aliphatic rings. The molecule has 1 aliphatic carbocycles. The molecule has 2 saturated heterocycles. The van der Waals surface area contributed by atoms with Gasteiger partial charge >= 0.3 is 16.5 Å². The minimum Gasteiger partial charge on any atom is -0.475 e. The van der Waals surface area contributed by atoms with E-state index < -0.39 is 12.1 Å². The monoisotopic (exact) mass is 497 g/mol. The minimum absolute atomic E-state index is 0. The number of hydrazine groups is 1. The van der Waals surface area contributed by atoms with Crippen LogP contribution in [0.4, 0.5) is 5.69 Å². The molecule has 0 radical (unpaired) electrons. The number of aromatic nitrogens is 1. The number of hydrogen-bond acceptors (Lipinski definition) is 6. The van der Waals surface area contributed by atoms with Crippen LogP contribution < -0.4 is 16.1 Å². The Bertz CT molecular complexity index is 848. The summed E-state index contributed by atoms with van der Waals surface area (Å²) in [7, 11) is 0. The van der Waals surface area contributed by atoms with E-state index >= 15 is 0 Å². The van der Waals surface area contributed by atoms with Gasteiger partial charge in [0.15, 0.2) is 0 Å². The van der Waals surface area contributed by atoms with Gasteiger partial charge in [-0.15, -0.1) is 0 Å². The van der Waals surface area contributed by atoms with Crippen molar-refractivity contribution in [3.63, 3.8) is 0 Å². The average Bonchev–Trinajstić information content (AvgIpc) is 3.41. The van der Waals surface area contributed by atoms with Gasteiger partial charge in [-0.3, -0.25) is 20.4 Å². The summed E-state index contributed by atoms with van der Waals surface area (Å²) in [4.78, 5) is 34.6. The van der Waals surface area contributed by atoms with Gasteiger partial charge in [0, 0.05) is 37.7 Å². The van der Waals surface area contributed by atoms with Gasteiger partial charge in [0.2, 0.25) is 11.8 Å². The predicted octanol–water partition coefficient (Wildman–Crippen LogP) is 1.69. The second-order valence-corrected chi connectivity index (χ2v) is 10.3. The van der Waals surface area contributed by atoms with Crippen LogP contribution in [0.1, 0.15) is 46.5 Å². The van der Waals surface area contributed by atoms with E-state index in [1.165, 1.54) is 5.01 Å². The van der Waals surface area contributed by atoms with Gasteiger partial charge in [-0.05, 0) is 30.4 Å². The van der Waals surface area contributed by atoms with E-state index in [4.69, 9.17) is 5.84 Å². The zero-order chi connectivity index (χ0) is 22.9. The molecule has 2 aliphatic heterocycles. The molecule has 2 atom stereocenters. The number of nitrogens with one attached hydrogen (secondary N) is 1. The zero-order valence-electron chi connectivity index (χ0n) is 19.6. The molecule has 1 aromatic heterocycles. The van der Waals surface area contributed by atoms with E-state index in [0.29, 0.717) is 18.9 Å². The first-order chi connectivity index (χ1) is 15.2. The van der Waals surface area contributed by atoms with Crippen molar-refractivity contribution in [2.45, 2.75) is 64.6 Å². The number of rotatable bonds is 7. The average molecular weight is 498 g/mol. The van der Waals surface area contributed by atoms with Crippen molar-refractivity contribution >= 4 is 17.5 Å². The van der Waals surface area contributed by atoms with E-state index in [2.05, 4.69) is 21.3 Å². The number of hydrogen-bond donors (Lipinski definition) is 2. The second kappa shape index (κ2) is 10.4. The van der Waals surface area contributed by atoms with Crippen molar-refractivity contribution in [3.8, 4) is 0 Å². The Morgan fingerprint density at radius 1 is 1.24 bits per heavy atom. The summed E-state index contributed by atoms with van der Waals surface area (Å²) in [6.45, 7) is 8.13. The molecule has 1 saturated carbocycles. The molecule has 0 aromatic carbocycles. The molecule has 4 rings (SSSR count). The van der Waals surface area contributed by atoms with Gasteiger partial charge in [0.25, 0.3) is 0 Å². The van der Waals surface area contributed by atoms with Crippen LogP contribution in [0.25, 0.3) is 0 Å². The van der Waals surface area contributed by atoms with Gasteiger partial charge in [-0.25, -0.2) is 0 Å². The van der Waals surface area contributed by atoms with Crippen molar-refractivity contribution in [1.82, 2.24) is 20.2 Å². The number of nitrogens with zero attached hydrogens (tertiary/aromatic N) is 4. The molecule has 0 bridgehead atoms. The Kier molecular flexibility index (Phi) is 8.06. The van der Waals surface area contributed by atoms with Crippen LogP contribution in [0, 0.1) is 17.4 Å². The smallest absolute Gasteiger partial charge is 0.475 e. The van der Waals surface area contributed by atoms with Gasteiger partial charge in [0.1, 0.15) is 12.1 Å². The molecule has 8 nitrogen and oxygen atoms in total. The van der Waals surface area contributed by atoms with Crippen molar-refractivity contribution in [3.05, 3.63) is 36.8 Å². The first kappa shape index (κ1) is 25.5. The number of pyridine rings is 1. The Hall–Kier alpha value is -2.12. The molecular formula is C24H35N6NiO2+. The standard InChI is InChI=1S/C24H35N6O2.Ni/c1-24(2,3)21(30(25)14-10-17-6-7-17)23(32)29-13-4-5-20(29)22(31)27-18-15-28(16-18)19-8-11-26-12-9-19;/h8-9,11-12,14,17-18,20-21H,4-7,13,15-16,25H2,1-3H3,(H,27,31);/q-1;+2/t20-,21+;/m0./s1. The van der Waals surface area contributed by atoms with Gasteiger partial charge in [-0.2, -0.15) is 12.1 Å². The summed E-state index contributed by atoms with van der Waals surface area (Å²) in [5, 5.41) is 4.64. The minimum atomic E-state index is -0.548. The molecule has 3 fully saturated rings. The number of carbonyl (C=O) groups excluding carboxylic acids is 2. The Morgan fingerprint density at radius 2 is 1.91 bits per heavy atom. The van der Waals surface area contributed by atoms with Crippen LogP contribution >= 0.6 is 0 Å². The van der Waals surface area contributed by atoms with Crippen LogP contribution in [-0.4, -0.2) is 64.5 Å². The molecule has 0 spiro atoms. The fraction of sp³-hybridized carbons (Fsp3) is 0.625. The first-order valence-electron chi connectivity index (χ1n) is 11.6. The van der Waals surface area contributed by atoms with Gasteiger partial charge < -0.3 is 26.2 Å². The molecule has 2 amide bonds. The third kappa shape index (κ3) is 6.07. The molecule has 182 valence electrons. The second-order valence-electron chi connectivity index (χ2n) is 10.3. The van der Waals surface area contributed by atoms with Crippen LogP contribution in [0.2, 0.25) is 0 Å². The summed E-state index contributed by atoms with van der Waals surface area (Å²) < 4.78 is 0. The zero-order valence-corrected chi connectivity index (χ0v) is 20.6. The Morgan fingerprint density at radius 3 is 2.52 bits per heavy atom. The van der Waals surface area contributed by atoms with Crippen molar-refractivity contribution < 1.29 is 26.1 Å². The quantitative estimate of drug-likeness (QED) is 0.257. The van der Waals surface area contributed by atoms with Crippen LogP contribution in [0.5, 0.6) is 0 Å². The van der Waals surface area contributed by atoms with Crippen molar-refractivity contribution in [2.24, 2.45) is 17.2 Å². The molecule has 3 N–H and O–H groups in total. The van der Waals surface area contributed by atoms with E-state index in [1.807, 2.05) is 32.9 Å². The maximum atomic E-state index is 13.6. The number of allylic oxidation sites excluding steroid dienone is 1. The fourth-order valence-corrected chi connectivity index (χ4v) is 4.55. The number of carbonyl (C=O) groups is 2. The number of nitrogens with two attached hydrogens (primary N) is 1. The third-order valence-electron chi connectivity index (χ3n) is 6.48. The summed E-state index contributed by atoms with van der Waals surface area (Å²) in [5.74, 6) is 6.62. The van der Waals surface area contributed by atoms with E-state index in [1.54, 1.807) is 23.5 Å². The summed E-state index contributed by atoms with van der Waals surface area (Å²) in [6, 6.07) is 3.04.